The van der Waals surface area contributed by atoms with Crippen molar-refractivity contribution in [2.45, 2.75) is 57.3 Å². The summed E-state index contributed by atoms with van der Waals surface area (Å²) in [5.74, 6) is -3.78. The second-order valence-electron chi connectivity index (χ2n) is 12.3. The summed E-state index contributed by atoms with van der Waals surface area (Å²) in [6, 6.07) is 19.9. The van der Waals surface area contributed by atoms with Crippen LogP contribution in [0.2, 0.25) is 0 Å². The second-order valence-corrected chi connectivity index (χ2v) is 12.3. The molecule has 3 aromatic carbocycles. The molecule has 5 atom stereocenters. The SMILES string of the molecule is CCCCN1CC(C(=O)N[C@@H](Cc2cc(F)cc(F)c2)[C@H](O)[C@@H]2NCCN(Cc3ccccc3)C2=O)C(Cc2ccccc2)C1=O. The summed E-state index contributed by atoms with van der Waals surface area (Å²) in [6.45, 7) is 4.01. The van der Waals surface area contributed by atoms with E-state index in [2.05, 4.69) is 10.6 Å². The summed E-state index contributed by atoms with van der Waals surface area (Å²) in [5.41, 5.74) is 2.09. The number of carbonyl (C=O) groups is 3. The molecule has 46 heavy (non-hydrogen) atoms. The molecule has 3 aromatic rings. The van der Waals surface area contributed by atoms with Crippen LogP contribution in [0, 0.1) is 23.5 Å². The summed E-state index contributed by atoms with van der Waals surface area (Å²) in [6.07, 6.45) is 0.517. The van der Waals surface area contributed by atoms with Crippen molar-refractivity contribution in [3.05, 3.63) is 107 Å². The highest BCUT2D eigenvalue weighted by molar-refractivity contribution is 5.91. The first-order valence-corrected chi connectivity index (χ1v) is 16.1. The molecule has 2 heterocycles. The monoisotopic (exact) mass is 632 g/mol. The number of benzene rings is 3. The predicted octanol–water partition coefficient (Wildman–Crippen LogP) is 3.47. The summed E-state index contributed by atoms with van der Waals surface area (Å²) in [4.78, 5) is 44.6. The van der Waals surface area contributed by atoms with Crippen molar-refractivity contribution < 1.29 is 28.3 Å². The third-order valence-corrected chi connectivity index (χ3v) is 8.95. The molecule has 0 saturated carbocycles. The number of hydrogen-bond acceptors (Lipinski definition) is 5. The van der Waals surface area contributed by atoms with Crippen molar-refractivity contribution in [3.8, 4) is 0 Å². The molecule has 10 heteroatoms. The van der Waals surface area contributed by atoms with Gasteiger partial charge in [0.2, 0.25) is 17.7 Å². The highest BCUT2D eigenvalue weighted by Gasteiger charge is 2.45. The van der Waals surface area contributed by atoms with Gasteiger partial charge in [-0.1, -0.05) is 74.0 Å². The minimum absolute atomic E-state index is 0.0950. The molecule has 5 rings (SSSR count). The topological polar surface area (TPSA) is 102 Å². The third-order valence-electron chi connectivity index (χ3n) is 8.95. The molecule has 2 fully saturated rings. The number of unbranched alkanes of at least 4 members (excludes halogenated alkanes) is 1. The lowest BCUT2D eigenvalue weighted by Gasteiger charge is -2.38. The molecule has 0 aliphatic carbocycles. The van der Waals surface area contributed by atoms with Gasteiger partial charge in [0, 0.05) is 38.8 Å². The molecular formula is C36H42F2N4O4. The van der Waals surface area contributed by atoms with Gasteiger partial charge in [0.25, 0.3) is 0 Å². The van der Waals surface area contributed by atoms with E-state index >= 15 is 0 Å². The van der Waals surface area contributed by atoms with Crippen LogP contribution in [-0.4, -0.2) is 77.0 Å². The van der Waals surface area contributed by atoms with E-state index in [-0.39, 0.29) is 30.3 Å². The van der Waals surface area contributed by atoms with Crippen LogP contribution in [-0.2, 0) is 33.8 Å². The Morgan fingerprint density at radius 3 is 2.24 bits per heavy atom. The van der Waals surface area contributed by atoms with E-state index in [9.17, 15) is 28.3 Å². The first kappa shape index (κ1) is 33.2. The highest BCUT2D eigenvalue weighted by Crippen LogP contribution is 2.30. The van der Waals surface area contributed by atoms with E-state index in [4.69, 9.17) is 0 Å². The van der Waals surface area contributed by atoms with Gasteiger partial charge in [-0.15, -0.1) is 0 Å². The first-order chi connectivity index (χ1) is 22.2. The second kappa shape index (κ2) is 15.4. The van der Waals surface area contributed by atoms with Gasteiger partial charge < -0.3 is 25.5 Å². The molecular weight excluding hydrogens is 590 g/mol. The maximum atomic E-state index is 14.2. The molecule has 3 amide bonds. The number of hydrogen-bond donors (Lipinski definition) is 3. The van der Waals surface area contributed by atoms with Gasteiger partial charge in [0.1, 0.15) is 17.7 Å². The fraction of sp³-hybridized carbons (Fsp3) is 0.417. The standard InChI is InChI=1S/C36H42F2N4O4/c1-2-3-15-41-23-30(29(35(41)45)19-24-10-6-4-7-11-24)34(44)40-31(20-26-17-27(37)21-28(38)18-26)33(43)32-36(46)42(16-14-39-32)22-25-12-8-5-9-13-25/h4-13,17-18,21,29-33,39,43H,2-3,14-16,19-20,22-23H2,1H3,(H,40,44)/t29?,30?,31-,32-,33-/m0/s1. The van der Waals surface area contributed by atoms with Crippen LogP contribution in [0.5, 0.6) is 0 Å². The largest absolute Gasteiger partial charge is 0.389 e. The number of amides is 3. The lowest BCUT2D eigenvalue weighted by molar-refractivity contribution is -0.141. The highest BCUT2D eigenvalue weighted by atomic mass is 19.1. The minimum atomic E-state index is -1.43. The van der Waals surface area contributed by atoms with E-state index in [1.165, 1.54) is 0 Å². The Balaban J connectivity index is 1.39. The molecule has 0 aromatic heterocycles. The zero-order valence-electron chi connectivity index (χ0n) is 26.1. The number of aliphatic hydroxyl groups excluding tert-OH is 1. The summed E-state index contributed by atoms with van der Waals surface area (Å²) >= 11 is 0. The molecule has 0 radical (unpaired) electrons. The average molecular weight is 633 g/mol. The maximum Gasteiger partial charge on any atom is 0.242 e. The number of aliphatic hydroxyl groups is 1. The lowest BCUT2D eigenvalue weighted by Crippen LogP contribution is -2.64. The molecule has 2 saturated heterocycles. The van der Waals surface area contributed by atoms with Crippen LogP contribution < -0.4 is 10.6 Å². The van der Waals surface area contributed by atoms with Crippen LogP contribution in [0.1, 0.15) is 36.5 Å². The van der Waals surface area contributed by atoms with Gasteiger partial charge >= 0.3 is 0 Å². The van der Waals surface area contributed by atoms with Crippen LogP contribution >= 0.6 is 0 Å². The van der Waals surface area contributed by atoms with E-state index in [1.54, 1.807) is 9.80 Å². The number of nitrogens with one attached hydrogen (secondary N) is 2. The Bertz CT molecular complexity index is 1470. The number of carbonyl (C=O) groups excluding carboxylic acids is 3. The van der Waals surface area contributed by atoms with Crippen LogP contribution in [0.25, 0.3) is 0 Å². The Labute approximate surface area is 268 Å². The van der Waals surface area contributed by atoms with Crippen molar-refractivity contribution in [1.29, 1.82) is 0 Å². The van der Waals surface area contributed by atoms with Crippen LogP contribution in [0.4, 0.5) is 8.78 Å². The van der Waals surface area contributed by atoms with Crippen molar-refractivity contribution in [2.24, 2.45) is 11.8 Å². The summed E-state index contributed by atoms with van der Waals surface area (Å²) < 4.78 is 28.4. The van der Waals surface area contributed by atoms with E-state index in [1.807, 2.05) is 67.6 Å². The zero-order valence-corrected chi connectivity index (χ0v) is 26.1. The first-order valence-electron chi connectivity index (χ1n) is 16.1. The minimum Gasteiger partial charge on any atom is -0.389 e. The van der Waals surface area contributed by atoms with Gasteiger partial charge in [-0.3, -0.25) is 14.4 Å². The number of rotatable bonds is 13. The summed E-state index contributed by atoms with van der Waals surface area (Å²) in [5, 5.41) is 17.7. The molecule has 244 valence electrons. The predicted molar refractivity (Wildman–Crippen MR) is 170 cm³/mol. The van der Waals surface area contributed by atoms with Gasteiger partial charge in [-0.2, -0.15) is 0 Å². The number of nitrogens with zero attached hydrogens (tertiary/aromatic N) is 2. The molecule has 2 unspecified atom stereocenters. The molecule has 3 N–H and O–H groups in total. The van der Waals surface area contributed by atoms with Crippen molar-refractivity contribution in [1.82, 2.24) is 20.4 Å². The van der Waals surface area contributed by atoms with Crippen molar-refractivity contribution >= 4 is 17.7 Å². The normalized spacial score (nSPS) is 21.3. The Morgan fingerprint density at radius 2 is 1.59 bits per heavy atom. The van der Waals surface area contributed by atoms with Gasteiger partial charge in [-0.25, -0.2) is 8.78 Å². The fourth-order valence-corrected chi connectivity index (χ4v) is 6.51. The van der Waals surface area contributed by atoms with Crippen LogP contribution in [0.3, 0.4) is 0 Å². The molecule has 0 bridgehead atoms. The van der Waals surface area contributed by atoms with Crippen molar-refractivity contribution in [3.63, 3.8) is 0 Å². The summed E-state index contributed by atoms with van der Waals surface area (Å²) in [7, 11) is 0. The van der Waals surface area contributed by atoms with E-state index < -0.39 is 47.6 Å². The zero-order chi connectivity index (χ0) is 32.6. The fourth-order valence-electron chi connectivity index (χ4n) is 6.51. The van der Waals surface area contributed by atoms with Gasteiger partial charge in [0.05, 0.1) is 24.0 Å². The van der Waals surface area contributed by atoms with Gasteiger partial charge in [-0.05, 0) is 48.1 Å². The van der Waals surface area contributed by atoms with Crippen molar-refractivity contribution in [2.75, 3.05) is 26.2 Å². The Hall–Kier alpha value is -4.15. The lowest BCUT2D eigenvalue weighted by atomic mass is 9.87. The number of halogens is 2. The average Bonchev–Trinajstić information content (AvgIpc) is 3.35. The molecule has 8 nitrogen and oxygen atoms in total. The molecule has 2 aliphatic rings. The Morgan fingerprint density at radius 1 is 0.935 bits per heavy atom. The quantitative estimate of drug-likeness (QED) is 0.268. The molecule has 0 spiro atoms. The maximum absolute atomic E-state index is 14.2. The molecule has 2 aliphatic heterocycles. The van der Waals surface area contributed by atoms with E-state index in [0.717, 1.165) is 42.2 Å². The number of piperazine rings is 1. The third kappa shape index (κ3) is 8.16. The number of likely N-dealkylation sites (tertiary alicyclic amines) is 1. The van der Waals surface area contributed by atoms with E-state index in [0.29, 0.717) is 32.6 Å². The van der Waals surface area contributed by atoms with Gasteiger partial charge in [0.15, 0.2) is 0 Å². The Kier molecular flexibility index (Phi) is 11.1. The smallest absolute Gasteiger partial charge is 0.242 e. The van der Waals surface area contributed by atoms with Crippen LogP contribution in [0.15, 0.2) is 78.9 Å².